The van der Waals surface area contributed by atoms with Crippen molar-refractivity contribution in [2.45, 2.75) is 26.8 Å². The van der Waals surface area contributed by atoms with Gasteiger partial charge < -0.3 is 10.2 Å². The zero-order chi connectivity index (χ0) is 12.8. The van der Waals surface area contributed by atoms with Gasteiger partial charge in [-0.05, 0) is 25.6 Å². The van der Waals surface area contributed by atoms with Crippen molar-refractivity contribution in [3.8, 4) is 5.75 Å². The molecular formula is C12H18N2O3. The lowest BCUT2D eigenvalue weighted by atomic mass is 10.2. The van der Waals surface area contributed by atoms with Crippen LogP contribution in [0.3, 0.4) is 0 Å². The third-order valence-corrected chi connectivity index (χ3v) is 2.55. The fourth-order valence-electron chi connectivity index (χ4n) is 1.53. The first kappa shape index (κ1) is 13.4. The van der Waals surface area contributed by atoms with Crippen molar-refractivity contribution in [3.05, 3.63) is 23.5 Å². The van der Waals surface area contributed by atoms with Crippen LogP contribution in [0.25, 0.3) is 0 Å². The highest BCUT2D eigenvalue weighted by molar-refractivity contribution is 5.66. The van der Waals surface area contributed by atoms with Crippen LogP contribution < -0.4 is 0 Å². The molecular weight excluding hydrogens is 220 g/mol. The van der Waals surface area contributed by atoms with Gasteiger partial charge in [-0.1, -0.05) is 6.92 Å². The van der Waals surface area contributed by atoms with Crippen molar-refractivity contribution >= 4 is 5.97 Å². The zero-order valence-electron chi connectivity index (χ0n) is 10.2. The van der Waals surface area contributed by atoms with Gasteiger partial charge in [0.25, 0.3) is 0 Å². The molecule has 0 aliphatic carbocycles. The SMILES string of the molecule is CCN(CCC(=O)O)Cc1nc(C)ccc1O. The van der Waals surface area contributed by atoms with Crippen molar-refractivity contribution in [1.82, 2.24) is 9.88 Å². The van der Waals surface area contributed by atoms with Crippen molar-refractivity contribution in [3.63, 3.8) is 0 Å². The van der Waals surface area contributed by atoms with Crippen LogP contribution in [-0.4, -0.2) is 39.2 Å². The molecule has 0 amide bonds. The lowest BCUT2D eigenvalue weighted by molar-refractivity contribution is -0.137. The van der Waals surface area contributed by atoms with Crippen LogP contribution in [0.1, 0.15) is 24.7 Å². The van der Waals surface area contributed by atoms with Gasteiger partial charge in [-0.3, -0.25) is 14.7 Å². The van der Waals surface area contributed by atoms with Gasteiger partial charge in [0.15, 0.2) is 0 Å². The van der Waals surface area contributed by atoms with E-state index in [4.69, 9.17) is 5.11 Å². The average Bonchev–Trinajstić information content (AvgIpc) is 2.28. The minimum Gasteiger partial charge on any atom is -0.506 e. The second kappa shape index (κ2) is 6.20. The van der Waals surface area contributed by atoms with Gasteiger partial charge in [-0.25, -0.2) is 0 Å². The summed E-state index contributed by atoms with van der Waals surface area (Å²) in [5.74, 6) is -0.658. The Labute approximate surface area is 101 Å². The number of pyridine rings is 1. The molecule has 0 atom stereocenters. The molecule has 0 saturated carbocycles. The van der Waals surface area contributed by atoms with Crippen molar-refractivity contribution in [1.29, 1.82) is 0 Å². The van der Waals surface area contributed by atoms with E-state index in [1.807, 2.05) is 18.7 Å². The van der Waals surface area contributed by atoms with Crippen LogP contribution in [0, 0.1) is 6.92 Å². The molecule has 5 nitrogen and oxygen atoms in total. The minimum absolute atomic E-state index is 0.0976. The normalized spacial score (nSPS) is 10.8. The summed E-state index contributed by atoms with van der Waals surface area (Å²) in [6, 6.07) is 3.36. The number of carbonyl (C=O) groups is 1. The highest BCUT2D eigenvalue weighted by Gasteiger charge is 2.10. The Bertz CT molecular complexity index is 393. The first-order valence-electron chi connectivity index (χ1n) is 5.62. The van der Waals surface area contributed by atoms with Gasteiger partial charge in [0.2, 0.25) is 0 Å². The monoisotopic (exact) mass is 238 g/mol. The Balaban J connectivity index is 2.66. The van der Waals surface area contributed by atoms with Crippen LogP contribution >= 0.6 is 0 Å². The predicted octanol–water partition coefficient (Wildman–Crippen LogP) is 1.39. The minimum atomic E-state index is -0.815. The molecule has 2 N–H and O–H groups in total. The maximum absolute atomic E-state index is 10.5. The van der Waals surface area contributed by atoms with E-state index in [1.54, 1.807) is 12.1 Å². The van der Waals surface area contributed by atoms with Gasteiger partial charge in [0.05, 0.1) is 12.1 Å². The van der Waals surface area contributed by atoms with Crippen LogP contribution in [0.15, 0.2) is 12.1 Å². The quantitative estimate of drug-likeness (QED) is 0.783. The highest BCUT2D eigenvalue weighted by atomic mass is 16.4. The summed E-state index contributed by atoms with van der Waals surface area (Å²) in [5, 5.41) is 18.3. The number of rotatable bonds is 6. The molecule has 1 heterocycles. The van der Waals surface area contributed by atoms with Crippen LogP contribution in [0.2, 0.25) is 0 Å². The van der Waals surface area contributed by atoms with E-state index < -0.39 is 5.97 Å². The number of hydrogen-bond acceptors (Lipinski definition) is 4. The molecule has 1 aromatic rings. The lowest BCUT2D eigenvalue weighted by Crippen LogP contribution is -2.26. The second-order valence-electron chi connectivity index (χ2n) is 3.93. The Morgan fingerprint density at radius 3 is 2.76 bits per heavy atom. The third kappa shape index (κ3) is 4.40. The van der Waals surface area contributed by atoms with Crippen molar-refractivity contribution in [2.24, 2.45) is 0 Å². The number of aliphatic carboxylic acids is 1. The van der Waals surface area contributed by atoms with Crippen molar-refractivity contribution in [2.75, 3.05) is 13.1 Å². The molecule has 0 aliphatic rings. The molecule has 1 rings (SSSR count). The standard InChI is InChI=1S/C12H18N2O3/c1-3-14(7-6-12(16)17)8-10-11(15)5-4-9(2)13-10/h4-5,15H,3,6-8H2,1-2H3,(H,16,17). The van der Waals surface area contributed by atoms with E-state index in [0.717, 1.165) is 12.2 Å². The summed E-state index contributed by atoms with van der Waals surface area (Å²) in [5.41, 5.74) is 1.43. The number of carboxylic acids is 1. The Morgan fingerprint density at radius 2 is 2.18 bits per heavy atom. The number of carboxylic acid groups (broad SMARTS) is 1. The van der Waals surface area contributed by atoms with Gasteiger partial charge in [0, 0.05) is 18.8 Å². The molecule has 0 spiro atoms. The van der Waals surface area contributed by atoms with Crippen LogP contribution in [-0.2, 0) is 11.3 Å². The maximum atomic E-state index is 10.5. The molecule has 17 heavy (non-hydrogen) atoms. The summed E-state index contributed by atoms with van der Waals surface area (Å²) < 4.78 is 0. The summed E-state index contributed by atoms with van der Waals surface area (Å²) >= 11 is 0. The molecule has 0 saturated heterocycles. The molecule has 0 fully saturated rings. The fourth-order valence-corrected chi connectivity index (χ4v) is 1.53. The van der Waals surface area contributed by atoms with Gasteiger partial charge in [-0.15, -0.1) is 0 Å². The Morgan fingerprint density at radius 1 is 1.47 bits per heavy atom. The Kier molecular flexibility index (Phi) is 4.90. The molecule has 0 unspecified atom stereocenters. The smallest absolute Gasteiger partial charge is 0.304 e. The summed E-state index contributed by atoms with van der Waals surface area (Å²) in [4.78, 5) is 16.7. The molecule has 5 heteroatoms. The number of aromatic nitrogens is 1. The lowest BCUT2D eigenvalue weighted by Gasteiger charge is -2.19. The van der Waals surface area contributed by atoms with E-state index >= 15 is 0 Å². The molecule has 0 aliphatic heterocycles. The van der Waals surface area contributed by atoms with Crippen LogP contribution in [0.5, 0.6) is 5.75 Å². The fraction of sp³-hybridized carbons (Fsp3) is 0.500. The summed E-state index contributed by atoms with van der Waals surface area (Å²) in [7, 11) is 0. The van der Waals surface area contributed by atoms with E-state index in [9.17, 15) is 9.90 Å². The second-order valence-corrected chi connectivity index (χ2v) is 3.93. The first-order valence-corrected chi connectivity index (χ1v) is 5.62. The van der Waals surface area contributed by atoms with Crippen molar-refractivity contribution < 1.29 is 15.0 Å². The first-order chi connectivity index (χ1) is 8.02. The number of hydrogen-bond donors (Lipinski definition) is 2. The van der Waals surface area contributed by atoms with E-state index in [0.29, 0.717) is 18.8 Å². The molecule has 0 aromatic carbocycles. The molecule has 1 aromatic heterocycles. The van der Waals surface area contributed by atoms with Gasteiger partial charge >= 0.3 is 5.97 Å². The third-order valence-electron chi connectivity index (χ3n) is 2.55. The average molecular weight is 238 g/mol. The number of aryl methyl sites for hydroxylation is 1. The molecule has 0 radical (unpaired) electrons. The number of nitrogens with zero attached hydrogens (tertiary/aromatic N) is 2. The summed E-state index contributed by atoms with van der Waals surface area (Å²) in [6.45, 7) is 5.46. The van der Waals surface area contributed by atoms with E-state index in [-0.39, 0.29) is 12.2 Å². The number of aromatic hydroxyl groups is 1. The van der Waals surface area contributed by atoms with E-state index in [1.165, 1.54) is 0 Å². The van der Waals surface area contributed by atoms with Gasteiger partial charge in [-0.2, -0.15) is 0 Å². The largest absolute Gasteiger partial charge is 0.506 e. The Hall–Kier alpha value is -1.62. The van der Waals surface area contributed by atoms with Gasteiger partial charge in [0.1, 0.15) is 5.75 Å². The summed E-state index contributed by atoms with van der Waals surface area (Å²) in [6.07, 6.45) is 0.0976. The zero-order valence-corrected chi connectivity index (χ0v) is 10.2. The highest BCUT2D eigenvalue weighted by Crippen LogP contribution is 2.16. The molecule has 94 valence electrons. The topological polar surface area (TPSA) is 73.7 Å². The van der Waals surface area contributed by atoms with E-state index in [2.05, 4.69) is 4.98 Å². The molecule has 0 bridgehead atoms. The predicted molar refractivity (Wildman–Crippen MR) is 63.8 cm³/mol. The van der Waals surface area contributed by atoms with Crippen LogP contribution in [0.4, 0.5) is 0 Å². The maximum Gasteiger partial charge on any atom is 0.304 e.